The molecule has 0 fully saturated rings. The maximum Gasteiger partial charge on any atom is 0.265 e. The maximum atomic E-state index is 13.9. The number of nitrogens with one attached hydrogen (secondary N) is 1. The average molecular weight is 365 g/mol. The van der Waals surface area contributed by atoms with Gasteiger partial charge in [0.15, 0.2) is 5.82 Å². The summed E-state index contributed by atoms with van der Waals surface area (Å²) in [7, 11) is 0. The van der Waals surface area contributed by atoms with Crippen LogP contribution in [0, 0.1) is 5.82 Å². The monoisotopic (exact) mass is 365 g/mol. The highest BCUT2D eigenvalue weighted by Crippen LogP contribution is 2.30. The molecule has 3 aromatic heterocycles. The number of halogens is 1. The van der Waals surface area contributed by atoms with Crippen LogP contribution in [-0.4, -0.2) is 25.7 Å². The molecule has 128 valence electrons. The summed E-state index contributed by atoms with van der Waals surface area (Å²) < 4.78 is 15.4. The van der Waals surface area contributed by atoms with Gasteiger partial charge in [0.2, 0.25) is 0 Å². The highest BCUT2D eigenvalue weighted by atomic mass is 32.1. The molecule has 3 heterocycles. The molecule has 0 saturated heterocycles. The number of anilines is 1. The lowest BCUT2D eigenvalue weighted by atomic mass is 10.2. The van der Waals surface area contributed by atoms with E-state index in [1.807, 2.05) is 0 Å². The van der Waals surface area contributed by atoms with Crippen LogP contribution in [0.15, 0.2) is 67.4 Å². The van der Waals surface area contributed by atoms with Gasteiger partial charge in [-0.3, -0.25) is 4.79 Å². The van der Waals surface area contributed by atoms with Gasteiger partial charge >= 0.3 is 0 Å². The summed E-state index contributed by atoms with van der Waals surface area (Å²) in [5, 5.41) is 6.77. The lowest BCUT2D eigenvalue weighted by Gasteiger charge is -2.04. The molecule has 1 aromatic carbocycles. The molecule has 4 aromatic rings. The molecule has 0 atom stereocenters. The van der Waals surface area contributed by atoms with Crippen LogP contribution in [0.4, 0.5) is 10.1 Å². The van der Waals surface area contributed by atoms with Crippen molar-refractivity contribution in [1.29, 1.82) is 0 Å². The second kappa shape index (κ2) is 6.85. The summed E-state index contributed by atoms with van der Waals surface area (Å²) >= 11 is 1.23. The van der Waals surface area contributed by atoms with E-state index < -0.39 is 0 Å². The third-order valence-electron chi connectivity index (χ3n) is 3.63. The topological polar surface area (TPSA) is 72.7 Å². The molecule has 4 rings (SSSR count). The first kappa shape index (κ1) is 16.1. The van der Waals surface area contributed by atoms with Crippen molar-refractivity contribution in [2.45, 2.75) is 0 Å². The lowest BCUT2D eigenvalue weighted by Crippen LogP contribution is -2.10. The number of hydrogen-bond acceptors (Lipinski definition) is 5. The van der Waals surface area contributed by atoms with Crippen molar-refractivity contribution in [2.24, 2.45) is 0 Å². The van der Waals surface area contributed by atoms with Crippen LogP contribution < -0.4 is 5.32 Å². The fourth-order valence-electron chi connectivity index (χ4n) is 2.38. The molecule has 0 spiro atoms. The molecule has 6 nitrogen and oxygen atoms in total. The van der Waals surface area contributed by atoms with Crippen LogP contribution in [0.2, 0.25) is 0 Å². The highest BCUT2D eigenvalue weighted by molar-refractivity contribution is 7.17. The number of pyridine rings is 1. The standard InChI is InChI=1S/C18H12FN5OS/c19-14-4-2-1-3-13(14)15-6-7-16(26-15)18(25)23-12-5-8-17(21-9-12)24-11-20-10-22-24/h1-11H,(H,23,25). The summed E-state index contributed by atoms with van der Waals surface area (Å²) in [5.41, 5.74) is 1.04. The first-order chi connectivity index (χ1) is 12.7. The van der Waals surface area contributed by atoms with Gasteiger partial charge in [-0.1, -0.05) is 18.2 Å². The molecule has 0 radical (unpaired) electrons. The van der Waals surface area contributed by atoms with E-state index >= 15 is 0 Å². The summed E-state index contributed by atoms with van der Waals surface area (Å²) in [5.74, 6) is 0.0144. The van der Waals surface area contributed by atoms with Crippen LogP contribution in [0.3, 0.4) is 0 Å². The molecule has 0 aliphatic heterocycles. The number of aromatic nitrogens is 4. The van der Waals surface area contributed by atoms with Gasteiger partial charge in [0.1, 0.15) is 18.5 Å². The van der Waals surface area contributed by atoms with E-state index in [-0.39, 0.29) is 11.7 Å². The van der Waals surface area contributed by atoms with Crippen molar-refractivity contribution < 1.29 is 9.18 Å². The quantitative estimate of drug-likeness (QED) is 0.597. The van der Waals surface area contributed by atoms with Gasteiger partial charge < -0.3 is 5.32 Å². The Balaban J connectivity index is 1.49. The number of thiophene rings is 1. The predicted molar refractivity (Wildman–Crippen MR) is 96.8 cm³/mol. The van der Waals surface area contributed by atoms with E-state index in [2.05, 4.69) is 20.4 Å². The van der Waals surface area contributed by atoms with E-state index in [4.69, 9.17) is 0 Å². The summed E-state index contributed by atoms with van der Waals surface area (Å²) in [6.07, 6.45) is 4.50. The van der Waals surface area contributed by atoms with Gasteiger partial charge in [-0.25, -0.2) is 19.0 Å². The van der Waals surface area contributed by atoms with Crippen molar-refractivity contribution in [1.82, 2.24) is 19.7 Å². The van der Waals surface area contributed by atoms with E-state index in [1.54, 1.807) is 48.7 Å². The Kier molecular flexibility index (Phi) is 4.24. The van der Waals surface area contributed by atoms with Gasteiger partial charge in [-0.05, 0) is 30.3 Å². The number of benzene rings is 1. The number of rotatable bonds is 4. The smallest absolute Gasteiger partial charge is 0.265 e. The fraction of sp³-hybridized carbons (Fsp3) is 0. The molecule has 0 saturated carbocycles. The molecule has 8 heteroatoms. The van der Waals surface area contributed by atoms with Crippen molar-refractivity contribution in [3.05, 3.63) is 78.1 Å². The van der Waals surface area contributed by atoms with Gasteiger partial charge in [0.25, 0.3) is 5.91 Å². The first-order valence-electron chi connectivity index (χ1n) is 7.68. The molecule has 26 heavy (non-hydrogen) atoms. The van der Waals surface area contributed by atoms with Crippen molar-refractivity contribution in [3.8, 4) is 16.3 Å². The normalized spacial score (nSPS) is 10.7. The number of amides is 1. The molecule has 0 unspecified atom stereocenters. The van der Waals surface area contributed by atoms with Crippen LogP contribution in [-0.2, 0) is 0 Å². The van der Waals surface area contributed by atoms with Gasteiger partial charge in [0.05, 0.1) is 16.8 Å². The molecular formula is C18H12FN5OS. The second-order valence-electron chi connectivity index (χ2n) is 5.34. The van der Waals surface area contributed by atoms with Crippen molar-refractivity contribution in [2.75, 3.05) is 5.32 Å². The van der Waals surface area contributed by atoms with E-state index in [0.29, 0.717) is 26.8 Å². The molecular weight excluding hydrogens is 353 g/mol. The van der Waals surface area contributed by atoms with Crippen LogP contribution >= 0.6 is 11.3 Å². The van der Waals surface area contributed by atoms with Gasteiger partial charge in [-0.15, -0.1) is 11.3 Å². The first-order valence-corrected chi connectivity index (χ1v) is 8.49. The second-order valence-corrected chi connectivity index (χ2v) is 6.43. The Morgan fingerprint density at radius 2 is 2.00 bits per heavy atom. The number of hydrogen-bond donors (Lipinski definition) is 1. The Hall–Kier alpha value is -3.39. The molecule has 1 amide bonds. The minimum absolute atomic E-state index is 0.270. The summed E-state index contributed by atoms with van der Waals surface area (Å²) in [6, 6.07) is 13.4. The zero-order chi connectivity index (χ0) is 17.9. The van der Waals surface area contributed by atoms with E-state index in [0.717, 1.165) is 0 Å². The third-order valence-corrected chi connectivity index (χ3v) is 4.75. The van der Waals surface area contributed by atoms with Crippen LogP contribution in [0.5, 0.6) is 0 Å². The van der Waals surface area contributed by atoms with Crippen molar-refractivity contribution >= 4 is 22.9 Å². The molecule has 0 aliphatic rings. The Morgan fingerprint density at radius 3 is 2.73 bits per heavy atom. The van der Waals surface area contributed by atoms with Crippen LogP contribution in [0.1, 0.15) is 9.67 Å². The van der Waals surface area contributed by atoms with Crippen LogP contribution in [0.25, 0.3) is 16.3 Å². The minimum atomic E-state index is -0.311. The van der Waals surface area contributed by atoms with Gasteiger partial charge in [0, 0.05) is 10.4 Å². The molecule has 1 N–H and O–H groups in total. The van der Waals surface area contributed by atoms with Gasteiger partial charge in [-0.2, -0.15) is 5.10 Å². The summed E-state index contributed by atoms with van der Waals surface area (Å²) in [4.78, 5) is 21.7. The zero-order valence-electron chi connectivity index (χ0n) is 13.3. The zero-order valence-corrected chi connectivity index (χ0v) is 14.2. The van der Waals surface area contributed by atoms with Crippen molar-refractivity contribution in [3.63, 3.8) is 0 Å². The number of carbonyl (C=O) groups excluding carboxylic acids is 1. The largest absolute Gasteiger partial charge is 0.320 e. The molecule has 0 aliphatic carbocycles. The predicted octanol–water partition coefficient (Wildman–Crippen LogP) is 3.78. The van der Waals surface area contributed by atoms with E-state index in [9.17, 15) is 9.18 Å². The van der Waals surface area contributed by atoms with E-state index in [1.165, 1.54) is 34.7 Å². The Morgan fingerprint density at radius 1 is 1.12 bits per heavy atom. The molecule has 0 bridgehead atoms. The number of carbonyl (C=O) groups is 1. The lowest BCUT2D eigenvalue weighted by molar-refractivity contribution is 0.103. The minimum Gasteiger partial charge on any atom is -0.320 e. The number of nitrogens with zero attached hydrogens (tertiary/aromatic N) is 4. The summed E-state index contributed by atoms with van der Waals surface area (Å²) in [6.45, 7) is 0. The third kappa shape index (κ3) is 3.22. The Bertz CT molecular complexity index is 1040. The Labute approximate surface area is 152 Å². The highest BCUT2D eigenvalue weighted by Gasteiger charge is 2.13. The average Bonchev–Trinajstić information content (AvgIpc) is 3.35. The fourth-order valence-corrected chi connectivity index (χ4v) is 3.31. The SMILES string of the molecule is O=C(Nc1ccc(-n2cncn2)nc1)c1ccc(-c2ccccc2F)s1. The maximum absolute atomic E-state index is 13.9.